The minimum Gasteiger partial charge on any atom is -0.363 e. The smallest absolute Gasteiger partial charge is 0.220 e. The number of ether oxygens (including phenoxy) is 5. The van der Waals surface area contributed by atoms with Gasteiger partial charge in [0.25, 0.3) is 0 Å². The summed E-state index contributed by atoms with van der Waals surface area (Å²) in [5.41, 5.74) is 8.84. The van der Waals surface area contributed by atoms with Gasteiger partial charge in [-0.05, 0) is 19.4 Å². The molecule has 7 atom stereocenters. The highest BCUT2D eigenvalue weighted by atomic mass is 16.8. The van der Waals surface area contributed by atoms with E-state index in [1.165, 1.54) is 21.1 Å². The highest BCUT2D eigenvalue weighted by Crippen LogP contribution is 2.44. The first-order chi connectivity index (χ1) is 12.2. The number of rotatable bonds is 5. The van der Waals surface area contributed by atoms with Gasteiger partial charge in [-0.3, -0.25) is 4.79 Å². The van der Waals surface area contributed by atoms with Crippen LogP contribution in [0.3, 0.4) is 0 Å². The van der Waals surface area contributed by atoms with Crippen LogP contribution in [0.25, 0.3) is 10.4 Å². The predicted molar refractivity (Wildman–Crippen MR) is 86.2 cm³/mol. The van der Waals surface area contributed by atoms with Crippen molar-refractivity contribution in [3.05, 3.63) is 10.4 Å². The molecule has 1 amide bonds. The molecule has 11 nitrogen and oxygen atoms in total. The maximum Gasteiger partial charge on any atom is 0.220 e. The van der Waals surface area contributed by atoms with Crippen molar-refractivity contribution in [1.29, 1.82) is 5.26 Å². The van der Waals surface area contributed by atoms with Crippen LogP contribution < -0.4 is 5.32 Å². The van der Waals surface area contributed by atoms with Gasteiger partial charge in [0, 0.05) is 26.1 Å². The van der Waals surface area contributed by atoms with E-state index in [1.54, 1.807) is 13.8 Å². The number of amides is 1. The van der Waals surface area contributed by atoms with Crippen molar-refractivity contribution in [3.8, 4) is 6.07 Å². The number of nitriles is 1. The monoisotopic (exact) mass is 369 g/mol. The molecule has 2 unspecified atom stereocenters. The highest BCUT2D eigenvalue weighted by molar-refractivity contribution is 5.73. The Labute approximate surface area is 151 Å². The second-order valence-electron chi connectivity index (χ2n) is 6.32. The number of carbonyl (C=O) groups excluding carboxylic acids is 1. The van der Waals surface area contributed by atoms with Crippen molar-refractivity contribution < 1.29 is 28.5 Å². The van der Waals surface area contributed by atoms with Gasteiger partial charge >= 0.3 is 0 Å². The number of methoxy groups -OCH3 is 2. The molecule has 0 aromatic carbocycles. The van der Waals surface area contributed by atoms with E-state index < -0.39 is 42.2 Å². The van der Waals surface area contributed by atoms with Crippen LogP contribution in [0.1, 0.15) is 27.2 Å². The lowest BCUT2D eigenvalue weighted by Gasteiger charge is -2.57. The molecule has 144 valence electrons. The predicted octanol–water partition coefficient (Wildman–Crippen LogP) is 0.949. The van der Waals surface area contributed by atoms with Gasteiger partial charge in [0.05, 0.1) is 18.5 Å². The van der Waals surface area contributed by atoms with E-state index in [2.05, 4.69) is 15.3 Å². The number of nitrogens with one attached hydrogen (secondary N) is 1. The van der Waals surface area contributed by atoms with Gasteiger partial charge in [0.1, 0.15) is 18.3 Å². The molecule has 0 saturated carbocycles. The van der Waals surface area contributed by atoms with E-state index in [0.717, 1.165) is 0 Å². The minimum absolute atomic E-state index is 0.0295. The Hall–Kier alpha value is -1.93. The number of hydrogen-bond acceptors (Lipinski definition) is 8. The topological polar surface area (TPSA) is 148 Å². The average molecular weight is 369 g/mol. The standard InChI is InChI=1S/C15H23N5O6/c1-8(21)18-10-12-11(9(6-7-16)24-13(10)19-20-17)25-14(2,22-4)15(3,23-5)26-12/h9-13H,6H2,1-5H3,(H,18,21)/t9-,10-,11-,12-,13-,14?,15?/m1/s1. The first kappa shape index (κ1) is 20.4. The van der Waals surface area contributed by atoms with Gasteiger partial charge in [-0.15, -0.1) is 0 Å². The summed E-state index contributed by atoms with van der Waals surface area (Å²) in [5, 5.41) is 15.4. The van der Waals surface area contributed by atoms with E-state index >= 15 is 0 Å². The van der Waals surface area contributed by atoms with Gasteiger partial charge in [0.15, 0.2) is 6.23 Å². The largest absolute Gasteiger partial charge is 0.363 e. The Morgan fingerprint density at radius 1 is 1.31 bits per heavy atom. The molecule has 1 N–H and O–H groups in total. The maximum atomic E-state index is 11.7. The van der Waals surface area contributed by atoms with E-state index in [-0.39, 0.29) is 12.3 Å². The zero-order chi connectivity index (χ0) is 19.5. The summed E-state index contributed by atoms with van der Waals surface area (Å²) in [6.45, 7) is 4.60. The molecule has 2 rings (SSSR count). The zero-order valence-corrected chi connectivity index (χ0v) is 15.3. The van der Waals surface area contributed by atoms with Crippen molar-refractivity contribution in [3.63, 3.8) is 0 Å². The van der Waals surface area contributed by atoms with Gasteiger partial charge in [-0.2, -0.15) is 5.26 Å². The van der Waals surface area contributed by atoms with E-state index in [0.29, 0.717) is 0 Å². The van der Waals surface area contributed by atoms with Crippen LogP contribution in [-0.4, -0.2) is 62.3 Å². The Morgan fingerprint density at radius 2 is 1.88 bits per heavy atom. The second-order valence-corrected chi connectivity index (χ2v) is 6.32. The summed E-state index contributed by atoms with van der Waals surface area (Å²) >= 11 is 0. The quantitative estimate of drug-likeness (QED) is 0.431. The van der Waals surface area contributed by atoms with Gasteiger partial charge in [-0.1, -0.05) is 5.11 Å². The fraction of sp³-hybridized carbons (Fsp3) is 0.867. The van der Waals surface area contributed by atoms with E-state index in [9.17, 15) is 4.79 Å². The summed E-state index contributed by atoms with van der Waals surface area (Å²) in [7, 11) is 2.88. The van der Waals surface area contributed by atoms with Crippen LogP contribution in [0.5, 0.6) is 0 Å². The van der Waals surface area contributed by atoms with Crippen molar-refractivity contribution in [2.45, 2.75) is 69.3 Å². The normalized spacial score (nSPS) is 42.1. The van der Waals surface area contributed by atoms with E-state index in [1.807, 2.05) is 6.07 Å². The third-order valence-electron chi connectivity index (χ3n) is 4.82. The number of nitrogens with zero attached hydrogens (tertiary/aromatic N) is 4. The molecule has 0 spiro atoms. The second kappa shape index (κ2) is 7.75. The molecule has 2 aliphatic rings. The van der Waals surface area contributed by atoms with Crippen molar-refractivity contribution in [2.75, 3.05) is 14.2 Å². The van der Waals surface area contributed by atoms with Crippen LogP contribution >= 0.6 is 0 Å². The molecular weight excluding hydrogens is 346 g/mol. The van der Waals surface area contributed by atoms with Crippen LogP contribution in [0.15, 0.2) is 5.11 Å². The summed E-state index contributed by atoms with van der Waals surface area (Å²) in [4.78, 5) is 14.4. The molecule has 11 heteroatoms. The molecule has 0 radical (unpaired) electrons. The van der Waals surface area contributed by atoms with E-state index in [4.69, 9.17) is 34.5 Å². The maximum absolute atomic E-state index is 11.7. The Morgan fingerprint density at radius 3 is 2.35 bits per heavy atom. The van der Waals surface area contributed by atoms with Crippen molar-refractivity contribution in [1.82, 2.24) is 5.32 Å². The molecule has 2 fully saturated rings. The Bertz CT molecular complexity index is 635. The molecule has 0 aliphatic carbocycles. The molecule has 26 heavy (non-hydrogen) atoms. The third kappa shape index (κ3) is 3.48. The lowest BCUT2D eigenvalue weighted by molar-refractivity contribution is -0.465. The zero-order valence-electron chi connectivity index (χ0n) is 15.3. The molecule has 0 aromatic heterocycles. The lowest BCUT2D eigenvalue weighted by atomic mass is 9.90. The van der Waals surface area contributed by atoms with Gasteiger partial charge < -0.3 is 29.0 Å². The molecule has 2 saturated heterocycles. The molecule has 0 aromatic rings. The number of azide groups is 1. The Kier molecular flexibility index (Phi) is 6.08. The van der Waals surface area contributed by atoms with Crippen molar-refractivity contribution in [2.24, 2.45) is 5.11 Å². The highest BCUT2D eigenvalue weighted by Gasteiger charge is 2.62. The number of fused-ring (bicyclic) bond motifs is 1. The minimum atomic E-state index is -1.32. The summed E-state index contributed by atoms with van der Waals surface area (Å²) < 4.78 is 28.9. The third-order valence-corrected chi connectivity index (χ3v) is 4.82. The van der Waals surface area contributed by atoms with Crippen LogP contribution in [0.2, 0.25) is 0 Å². The number of hydrogen-bond donors (Lipinski definition) is 1. The van der Waals surface area contributed by atoms with Gasteiger partial charge in [0.2, 0.25) is 17.5 Å². The van der Waals surface area contributed by atoms with Crippen LogP contribution in [0, 0.1) is 11.3 Å². The fourth-order valence-corrected chi connectivity index (χ4v) is 3.20. The first-order valence-corrected chi connectivity index (χ1v) is 8.05. The average Bonchev–Trinajstić information content (AvgIpc) is 2.60. The van der Waals surface area contributed by atoms with Crippen LogP contribution in [-0.2, 0) is 28.5 Å². The summed E-state index contributed by atoms with van der Waals surface area (Å²) in [6.07, 6.45) is -3.40. The summed E-state index contributed by atoms with van der Waals surface area (Å²) in [5.74, 6) is -2.99. The lowest BCUT2D eigenvalue weighted by Crippen LogP contribution is -2.74. The summed E-state index contributed by atoms with van der Waals surface area (Å²) in [6, 6.07) is 1.18. The molecular formula is C15H23N5O6. The fourth-order valence-electron chi connectivity index (χ4n) is 3.20. The first-order valence-electron chi connectivity index (χ1n) is 8.05. The number of carbonyl (C=O) groups is 1. The molecule has 0 bridgehead atoms. The van der Waals surface area contributed by atoms with Crippen molar-refractivity contribution >= 4 is 5.91 Å². The molecule has 2 aliphatic heterocycles. The van der Waals surface area contributed by atoms with Crippen LogP contribution in [0.4, 0.5) is 0 Å². The molecule has 2 heterocycles. The van der Waals surface area contributed by atoms with Gasteiger partial charge in [-0.25, -0.2) is 0 Å². The SMILES string of the molecule is COC1(C)O[C@@H]2[C@@H](NC(C)=O)[C@H](N=[N+]=[N-])O[C@H](CC#N)[C@H]2OC1(C)OC. The Balaban J connectivity index is 2.48.